The van der Waals surface area contributed by atoms with E-state index in [0.29, 0.717) is 20.8 Å². The molecule has 0 bridgehead atoms. The van der Waals surface area contributed by atoms with Crippen LogP contribution in [-0.2, 0) is 11.3 Å². The molecule has 1 aromatic heterocycles. The molecule has 4 nitrogen and oxygen atoms in total. The molecule has 134 valence electrons. The van der Waals surface area contributed by atoms with Crippen molar-refractivity contribution in [1.29, 1.82) is 0 Å². The van der Waals surface area contributed by atoms with Gasteiger partial charge in [0.25, 0.3) is 5.91 Å². The fourth-order valence-corrected chi connectivity index (χ4v) is 4.04. The van der Waals surface area contributed by atoms with Crippen LogP contribution in [0.5, 0.6) is 0 Å². The van der Waals surface area contributed by atoms with Crippen molar-refractivity contribution in [2.75, 3.05) is 0 Å². The summed E-state index contributed by atoms with van der Waals surface area (Å²) in [5.74, 6) is -0.178. The van der Waals surface area contributed by atoms with E-state index in [1.165, 1.54) is 11.8 Å². The van der Waals surface area contributed by atoms with Crippen LogP contribution >= 0.6 is 35.6 Å². The van der Waals surface area contributed by atoms with Crippen LogP contribution in [0.2, 0.25) is 5.02 Å². The molecule has 2 aromatic carbocycles. The summed E-state index contributed by atoms with van der Waals surface area (Å²) >= 11 is 12.6. The van der Waals surface area contributed by atoms with E-state index in [1.807, 2.05) is 71.6 Å². The summed E-state index contributed by atoms with van der Waals surface area (Å²) in [6.45, 7) is 0.542. The van der Waals surface area contributed by atoms with Crippen LogP contribution in [0.15, 0.2) is 65.7 Å². The van der Waals surface area contributed by atoms with Crippen molar-refractivity contribution in [3.8, 4) is 11.3 Å². The summed E-state index contributed by atoms with van der Waals surface area (Å²) in [5, 5.41) is 8.08. The van der Waals surface area contributed by atoms with E-state index >= 15 is 0 Å². The lowest BCUT2D eigenvalue weighted by molar-refractivity contribution is -0.115. The number of benzene rings is 2. The number of nitrogens with zero attached hydrogens (tertiary/aromatic N) is 2. The smallest absolute Gasteiger partial charge is 0.263 e. The van der Waals surface area contributed by atoms with Crippen molar-refractivity contribution >= 4 is 51.9 Å². The van der Waals surface area contributed by atoms with E-state index in [0.717, 1.165) is 22.4 Å². The van der Waals surface area contributed by atoms with Crippen molar-refractivity contribution in [2.24, 2.45) is 0 Å². The Bertz CT molecular complexity index is 1060. The van der Waals surface area contributed by atoms with E-state index in [4.69, 9.17) is 28.9 Å². The Morgan fingerprint density at radius 2 is 1.89 bits per heavy atom. The number of rotatable bonds is 4. The van der Waals surface area contributed by atoms with Gasteiger partial charge in [0.1, 0.15) is 4.32 Å². The lowest BCUT2D eigenvalue weighted by Crippen LogP contribution is -2.17. The summed E-state index contributed by atoms with van der Waals surface area (Å²) in [4.78, 5) is 12.6. The standard InChI is InChI=1S/C20H14ClN3OS2/c21-16-9-5-4-8-14(16)11-24-12-15(10-17-19(25)22-20(26)27-17)18(23-24)13-6-2-1-3-7-13/h1-10,12H,11H2,(H,22,25,26)/b17-10-. The predicted octanol–water partition coefficient (Wildman–Crippen LogP) is 4.74. The monoisotopic (exact) mass is 411 g/mol. The van der Waals surface area contributed by atoms with E-state index in [9.17, 15) is 4.79 Å². The fourth-order valence-electron chi connectivity index (χ4n) is 2.81. The van der Waals surface area contributed by atoms with Crippen LogP contribution in [0.3, 0.4) is 0 Å². The largest absolute Gasteiger partial charge is 0.307 e. The van der Waals surface area contributed by atoms with Crippen LogP contribution in [0.25, 0.3) is 17.3 Å². The average Bonchev–Trinajstić information content (AvgIpc) is 3.20. The first-order valence-corrected chi connectivity index (χ1v) is 9.81. The number of carbonyl (C=O) groups is 1. The normalized spacial score (nSPS) is 15.4. The molecule has 7 heteroatoms. The highest BCUT2D eigenvalue weighted by Crippen LogP contribution is 2.30. The summed E-state index contributed by atoms with van der Waals surface area (Å²) in [6, 6.07) is 17.6. The Labute approximate surface area is 171 Å². The molecule has 1 saturated heterocycles. The molecule has 0 atom stereocenters. The van der Waals surface area contributed by atoms with E-state index in [-0.39, 0.29) is 5.91 Å². The lowest BCUT2D eigenvalue weighted by Gasteiger charge is -2.04. The quantitative estimate of drug-likeness (QED) is 0.497. The van der Waals surface area contributed by atoms with Gasteiger partial charge >= 0.3 is 0 Å². The van der Waals surface area contributed by atoms with Gasteiger partial charge in [-0.15, -0.1) is 0 Å². The average molecular weight is 412 g/mol. The number of hydrogen-bond acceptors (Lipinski definition) is 4. The second-order valence-corrected chi connectivity index (χ2v) is 8.07. The minimum atomic E-state index is -0.178. The van der Waals surface area contributed by atoms with Gasteiger partial charge in [-0.05, 0) is 17.7 Å². The van der Waals surface area contributed by atoms with E-state index < -0.39 is 0 Å². The van der Waals surface area contributed by atoms with Crippen molar-refractivity contribution in [3.05, 3.63) is 81.8 Å². The molecule has 2 heterocycles. The SMILES string of the molecule is O=C1NC(=S)S/C1=C\c1cn(Cc2ccccc2Cl)nc1-c1ccccc1. The molecule has 3 aromatic rings. The predicted molar refractivity (Wildman–Crippen MR) is 115 cm³/mol. The number of hydrogen-bond donors (Lipinski definition) is 1. The van der Waals surface area contributed by atoms with E-state index in [2.05, 4.69) is 5.32 Å². The van der Waals surface area contributed by atoms with Crippen molar-refractivity contribution in [3.63, 3.8) is 0 Å². The first-order chi connectivity index (χ1) is 13.1. The van der Waals surface area contributed by atoms with Gasteiger partial charge in [0, 0.05) is 22.3 Å². The third kappa shape index (κ3) is 3.98. The molecule has 0 spiro atoms. The van der Waals surface area contributed by atoms with Gasteiger partial charge in [0.2, 0.25) is 0 Å². The van der Waals surface area contributed by atoms with Crippen LogP contribution in [0.1, 0.15) is 11.1 Å². The summed E-state index contributed by atoms with van der Waals surface area (Å²) in [5.41, 5.74) is 3.62. The van der Waals surface area contributed by atoms with Crippen molar-refractivity contribution in [1.82, 2.24) is 15.1 Å². The molecule has 0 radical (unpaired) electrons. The summed E-state index contributed by atoms with van der Waals surface area (Å²) in [6.07, 6.45) is 3.76. The highest BCUT2D eigenvalue weighted by atomic mass is 35.5. The molecule has 27 heavy (non-hydrogen) atoms. The molecular weight excluding hydrogens is 398 g/mol. The number of nitrogens with one attached hydrogen (secondary N) is 1. The van der Waals surface area contributed by atoms with Gasteiger partial charge in [-0.2, -0.15) is 5.10 Å². The Morgan fingerprint density at radius 1 is 1.15 bits per heavy atom. The first kappa shape index (κ1) is 18.0. The molecule has 0 saturated carbocycles. The molecule has 1 N–H and O–H groups in total. The number of thiocarbonyl (C=S) groups is 1. The molecule has 0 aliphatic carbocycles. The molecular formula is C20H14ClN3OS2. The van der Waals surface area contributed by atoms with Gasteiger partial charge in [-0.25, -0.2) is 0 Å². The molecule has 1 amide bonds. The number of thioether (sulfide) groups is 1. The maximum absolute atomic E-state index is 12.0. The molecule has 4 rings (SSSR count). The summed E-state index contributed by atoms with van der Waals surface area (Å²) in [7, 11) is 0. The second kappa shape index (κ2) is 7.68. The van der Waals surface area contributed by atoms with Gasteiger partial charge in [0.05, 0.1) is 17.1 Å². The lowest BCUT2D eigenvalue weighted by atomic mass is 10.1. The molecule has 0 unspecified atom stereocenters. The van der Waals surface area contributed by atoms with Crippen LogP contribution in [-0.4, -0.2) is 20.0 Å². The molecule has 1 aliphatic rings. The number of amides is 1. The Balaban J connectivity index is 1.76. The Hall–Kier alpha value is -2.41. The minimum Gasteiger partial charge on any atom is -0.307 e. The van der Waals surface area contributed by atoms with Crippen LogP contribution in [0.4, 0.5) is 0 Å². The molecule has 1 fully saturated rings. The number of carbonyl (C=O) groups excluding carboxylic acids is 1. The third-order valence-electron chi connectivity index (χ3n) is 4.06. The maximum atomic E-state index is 12.0. The van der Waals surface area contributed by atoms with E-state index in [1.54, 1.807) is 0 Å². The van der Waals surface area contributed by atoms with Crippen molar-refractivity contribution in [2.45, 2.75) is 6.54 Å². The zero-order valence-corrected chi connectivity index (χ0v) is 16.4. The highest BCUT2D eigenvalue weighted by molar-refractivity contribution is 8.26. The fraction of sp³-hybridized carbons (Fsp3) is 0.0500. The highest BCUT2D eigenvalue weighted by Gasteiger charge is 2.23. The summed E-state index contributed by atoms with van der Waals surface area (Å²) < 4.78 is 2.31. The Morgan fingerprint density at radius 3 is 2.59 bits per heavy atom. The Kier molecular flexibility index (Phi) is 5.11. The topological polar surface area (TPSA) is 46.9 Å². The zero-order chi connectivity index (χ0) is 18.8. The van der Waals surface area contributed by atoms with Gasteiger partial charge in [0.15, 0.2) is 0 Å². The van der Waals surface area contributed by atoms with Gasteiger partial charge < -0.3 is 5.32 Å². The van der Waals surface area contributed by atoms with Crippen LogP contribution in [0, 0.1) is 0 Å². The van der Waals surface area contributed by atoms with Gasteiger partial charge in [-0.1, -0.05) is 84.1 Å². The second-order valence-electron chi connectivity index (χ2n) is 5.94. The zero-order valence-electron chi connectivity index (χ0n) is 14.1. The number of aromatic nitrogens is 2. The third-order valence-corrected chi connectivity index (χ3v) is 5.59. The van der Waals surface area contributed by atoms with Crippen molar-refractivity contribution < 1.29 is 4.79 Å². The first-order valence-electron chi connectivity index (χ1n) is 8.21. The van der Waals surface area contributed by atoms with Crippen LogP contribution < -0.4 is 5.32 Å². The van der Waals surface area contributed by atoms with Gasteiger partial charge in [-0.3, -0.25) is 9.48 Å². The maximum Gasteiger partial charge on any atom is 0.263 e. The molecule has 1 aliphatic heterocycles. The minimum absolute atomic E-state index is 0.178. The number of halogens is 1.